The molecule has 8 heteroatoms. The average Bonchev–Trinajstić information content (AvgIpc) is 3.11. The number of amides is 1. The van der Waals surface area contributed by atoms with Crippen molar-refractivity contribution in [3.05, 3.63) is 59.7 Å². The van der Waals surface area contributed by atoms with Gasteiger partial charge in [0.25, 0.3) is 5.91 Å². The van der Waals surface area contributed by atoms with E-state index in [1.54, 1.807) is 42.7 Å². The number of pyridine rings is 1. The van der Waals surface area contributed by atoms with Crippen LogP contribution >= 0.6 is 11.6 Å². The molecule has 0 unspecified atom stereocenters. The first kappa shape index (κ1) is 16.9. The molecule has 0 spiro atoms. The van der Waals surface area contributed by atoms with Gasteiger partial charge in [-0.25, -0.2) is 0 Å². The van der Waals surface area contributed by atoms with Crippen molar-refractivity contribution in [3.63, 3.8) is 0 Å². The van der Waals surface area contributed by atoms with Crippen LogP contribution in [0.3, 0.4) is 0 Å². The molecule has 7 nitrogen and oxygen atoms in total. The number of aromatic nitrogens is 3. The van der Waals surface area contributed by atoms with Crippen molar-refractivity contribution in [3.8, 4) is 17.2 Å². The maximum atomic E-state index is 11.8. The number of rotatable bonds is 7. The van der Waals surface area contributed by atoms with Gasteiger partial charge in [0.05, 0.1) is 5.56 Å². The number of hydrogen-bond acceptors (Lipinski definition) is 6. The zero-order valence-electron chi connectivity index (χ0n) is 13.2. The molecule has 0 fully saturated rings. The van der Waals surface area contributed by atoms with Gasteiger partial charge in [0.2, 0.25) is 11.8 Å². The zero-order valence-corrected chi connectivity index (χ0v) is 13.9. The van der Waals surface area contributed by atoms with E-state index >= 15 is 0 Å². The number of benzene rings is 1. The van der Waals surface area contributed by atoms with Crippen LogP contribution in [0.4, 0.5) is 0 Å². The normalized spacial score (nSPS) is 10.4. The SMILES string of the molecule is O=C(COc1ccc(Cl)cc1)NCCc1nnc(-c2cccnc2)o1. The monoisotopic (exact) mass is 358 g/mol. The molecule has 2 aromatic heterocycles. The molecular weight excluding hydrogens is 344 g/mol. The van der Waals surface area contributed by atoms with E-state index < -0.39 is 0 Å². The molecule has 128 valence electrons. The second-order valence-corrected chi connectivity index (χ2v) is 5.52. The summed E-state index contributed by atoms with van der Waals surface area (Å²) in [5.74, 6) is 1.19. The third-order valence-electron chi connectivity index (χ3n) is 3.22. The highest BCUT2D eigenvalue weighted by Crippen LogP contribution is 2.16. The first-order valence-corrected chi connectivity index (χ1v) is 7.96. The van der Waals surface area contributed by atoms with E-state index in [2.05, 4.69) is 20.5 Å². The van der Waals surface area contributed by atoms with Crippen LogP contribution in [0.25, 0.3) is 11.5 Å². The highest BCUT2D eigenvalue weighted by atomic mass is 35.5. The van der Waals surface area contributed by atoms with E-state index in [0.717, 1.165) is 5.56 Å². The molecule has 0 aliphatic carbocycles. The number of nitrogens with one attached hydrogen (secondary N) is 1. The highest BCUT2D eigenvalue weighted by molar-refractivity contribution is 6.30. The van der Waals surface area contributed by atoms with Crippen molar-refractivity contribution >= 4 is 17.5 Å². The lowest BCUT2D eigenvalue weighted by Gasteiger charge is -2.06. The summed E-state index contributed by atoms with van der Waals surface area (Å²) in [6, 6.07) is 10.4. The third-order valence-corrected chi connectivity index (χ3v) is 3.47. The summed E-state index contributed by atoms with van der Waals surface area (Å²) < 4.78 is 10.9. The molecule has 0 saturated carbocycles. The first-order chi connectivity index (χ1) is 12.2. The van der Waals surface area contributed by atoms with Crippen LogP contribution in [0.5, 0.6) is 5.75 Å². The predicted octanol–water partition coefficient (Wildman–Crippen LogP) is 2.52. The number of carbonyl (C=O) groups is 1. The Morgan fingerprint density at radius 3 is 2.80 bits per heavy atom. The summed E-state index contributed by atoms with van der Waals surface area (Å²) in [6.45, 7) is 0.296. The average molecular weight is 359 g/mol. The van der Waals surface area contributed by atoms with Gasteiger partial charge in [-0.05, 0) is 36.4 Å². The zero-order chi connectivity index (χ0) is 17.5. The lowest BCUT2D eigenvalue weighted by Crippen LogP contribution is -2.30. The van der Waals surface area contributed by atoms with Gasteiger partial charge in [-0.2, -0.15) is 0 Å². The van der Waals surface area contributed by atoms with Gasteiger partial charge in [-0.15, -0.1) is 10.2 Å². The summed E-state index contributed by atoms with van der Waals surface area (Å²) >= 11 is 5.78. The molecule has 0 atom stereocenters. The van der Waals surface area contributed by atoms with Crippen molar-refractivity contribution in [1.29, 1.82) is 0 Å². The van der Waals surface area contributed by atoms with E-state index in [9.17, 15) is 4.79 Å². The summed E-state index contributed by atoms with van der Waals surface area (Å²) in [7, 11) is 0. The molecule has 1 aromatic carbocycles. The number of halogens is 1. The third kappa shape index (κ3) is 5.02. The second kappa shape index (κ2) is 8.25. The molecule has 0 aliphatic heterocycles. The Morgan fingerprint density at radius 2 is 2.04 bits per heavy atom. The molecule has 0 aliphatic rings. The fraction of sp³-hybridized carbons (Fsp3) is 0.176. The lowest BCUT2D eigenvalue weighted by atomic mass is 10.3. The molecule has 2 heterocycles. The number of hydrogen-bond donors (Lipinski definition) is 1. The van der Waals surface area contributed by atoms with Crippen molar-refractivity contribution in [2.24, 2.45) is 0 Å². The minimum atomic E-state index is -0.234. The Hall–Kier alpha value is -2.93. The summed E-state index contributed by atoms with van der Waals surface area (Å²) in [5, 5.41) is 11.3. The van der Waals surface area contributed by atoms with Gasteiger partial charge in [0, 0.05) is 30.4 Å². The van der Waals surface area contributed by atoms with Crippen LogP contribution in [0.2, 0.25) is 5.02 Å². The van der Waals surface area contributed by atoms with E-state index in [-0.39, 0.29) is 12.5 Å². The van der Waals surface area contributed by atoms with E-state index in [4.69, 9.17) is 20.8 Å². The molecule has 25 heavy (non-hydrogen) atoms. The van der Waals surface area contributed by atoms with Crippen molar-refractivity contribution in [2.45, 2.75) is 6.42 Å². The quantitative estimate of drug-likeness (QED) is 0.698. The van der Waals surface area contributed by atoms with E-state index in [1.807, 2.05) is 6.07 Å². The van der Waals surface area contributed by atoms with Crippen LogP contribution in [0.1, 0.15) is 5.89 Å². The maximum Gasteiger partial charge on any atom is 0.257 e. The maximum absolute atomic E-state index is 11.8. The Morgan fingerprint density at radius 1 is 1.20 bits per heavy atom. The van der Waals surface area contributed by atoms with Crippen LogP contribution in [0.15, 0.2) is 53.2 Å². The van der Waals surface area contributed by atoms with Crippen molar-refractivity contribution < 1.29 is 13.9 Å². The van der Waals surface area contributed by atoms with Crippen LogP contribution in [0, 0.1) is 0 Å². The molecule has 0 bridgehead atoms. The van der Waals surface area contributed by atoms with Crippen molar-refractivity contribution in [2.75, 3.05) is 13.2 Å². The second-order valence-electron chi connectivity index (χ2n) is 5.09. The van der Waals surface area contributed by atoms with Gasteiger partial charge < -0.3 is 14.5 Å². The van der Waals surface area contributed by atoms with Gasteiger partial charge in [0.1, 0.15) is 5.75 Å². The first-order valence-electron chi connectivity index (χ1n) is 7.58. The molecule has 3 aromatic rings. The molecule has 1 amide bonds. The van der Waals surface area contributed by atoms with Crippen LogP contribution in [-0.2, 0) is 11.2 Å². The summed E-state index contributed by atoms with van der Waals surface area (Å²) in [4.78, 5) is 15.8. The summed E-state index contributed by atoms with van der Waals surface area (Å²) in [5.41, 5.74) is 0.752. The van der Waals surface area contributed by atoms with Gasteiger partial charge in [-0.3, -0.25) is 9.78 Å². The Kier molecular flexibility index (Phi) is 5.58. The Balaban J connectivity index is 1.41. The van der Waals surface area contributed by atoms with E-state index in [0.29, 0.717) is 35.5 Å². The molecule has 3 rings (SSSR count). The number of carbonyl (C=O) groups excluding carboxylic acids is 1. The molecule has 0 radical (unpaired) electrons. The largest absolute Gasteiger partial charge is 0.484 e. The van der Waals surface area contributed by atoms with Crippen LogP contribution < -0.4 is 10.1 Å². The lowest BCUT2D eigenvalue weighted by molar-refractivity contribution is -0.123. The van der Waals surface area contributed by atoms with Crippen LogP contribution in [-0.4, -0.2) is 34.2 Å². The topological polar surface area (TPSA) is 90.1 Å². The summed E-state index contributed by atoms with van der Waals surface area (Å²) in [6.07, 6.45) is 3.75. The molecule has 1 N–H and O–H groups in total. The van der Waals surface area contributed by atoms with Gasteiger partial charge in [-0.1, -0.05) is 11.6 Å². The molecular formula is C17H15ClN4O3. The Labute approximate surface area is 149 Å². The Bertz CT molecular complexity index is 821. The minimum absolute atomic E-state index is 0.0770. The highest BCUT2D eigenvalue weighted by Gasteiger charge is 2.09. The number of ether oxygens (including phenoxy) is 1. The smallest absolute Gasteiger partial charge is 0.257 e. The molecule has 0 saturated heterocycles. The van der Waals surface area contributed by atoms with Gasteiger partial charge in [0.15, 0.2) is 6.61 Å². The van der Waals surface area contributed by atoms with E-state index in [1.165, 1.54) is 0 Å². The fourth-order valence-corrected chi connectivity index (χ4v) is 2.13. The van der Waals surface area contributed by atoms with Crippen molar-refractivity contribution in [1.82, 2.24) is 20.5 Å². The van der Waals surface area contributed by atoms with Gasteiger partial charge >= 0.3 is 0 Å². The predicted molar refractivity (Wildman–Crippen MR) is 91.2 cm³/mol. The number of nitrogens with zero attached hydrogens (tertiary/aromatic N) is 3. The fourth-order valence-electron chi connectivity index (χ4n) is 2.00. The minimum Gasteiger partial charge on any atom is -0.484 e. The standard InChI is InChI=1S/C17H15ClN4O3/c18-13-3-5-14(6-4-13)24-11-15(23)20-9-7-16-21-22-17(25-16)12-2-1-8-19-10-12/h1-6,8,10H,7,9,11H2,(H,20,23).